The Morgan fingerprint density at radius 3 is 1.50 bits per heavy atom. The van der Waals surface area contributed by atoms with Gasteiger partial charge < -0.3 is 4.90 Å². The molecule has 7 aromatic rings. The van der Waals surface area contributed by atoms with Gasteiger partial charge in [-0.05, 0) is 129 Å². The fourth-order valence-corrected chi connectivity index (χ4v) is 7.78. The molecule has 0 unspecified atom stereocenters. The van der Waals surface area contributed by atoms with E-state index in [-0.39, 0.29) is 0 Å². The molecule has 0 heterocycles. The van der Waals surface area contributed by atoms with Crippen molar-refractivity contribution in [2.24, 2.45) is 0 Å². The Morgan fingerprint density at radius 1 is 0.409 bits per heavy atom. The summed E-state index contributed by atoms with van der Waals surface area (Å²) in [5.74, 6) is 0. The Bertz CT molecular complexity index is 2190. The Kier molecular flexibility index (Phi) is 6.11. The minimum absolute atomic E-state index is 1.17. The maximum absolute atomic E-state index is 2.40. The predicted molar refractivity (Wildman–Crippen MR) is 194 cm³/mol. The Morgan fingerprint density at radius 2 is 0.909 bits per heavy atom. The van der Waals surface area contributed by atoms with E-state index in [1.165, 1.54) is 82.7 Å². The van der Waals surface area contributed by atoms with Crippen LogP contribution in [0.5, 0.6) is 0 Å². The standard InChI is InChI=1S/C42H35NSi/c1-28-10-15-35(16-11-28)43(36-18-20-38(21-19-36)44(2,3)4)37-17-14-32-25-40-41-26-33-22-30(29-8-6-5-7-9-29)12-13-31(33)24-39(41)42(40)27-34(32)23-37/h5-27H,1-4H3. The molecule has 0 amide bonds. The fraction of sp³-hybridized carbons (Fsp3) is 0.0952. The number of hydrogen-bond acceptors (Lipinski definition) is 1. The van der Waals surface area contributed by atoms with Gasteiger partial charge in [0.2, 0.25) is 0 Å². The van der Waals surface area contributed by atoms with Crippen LogP contribution in [0, 0.1) is 6.92 Å². The van der Waals surface area contributed by atoms with Gasteiger partial charge in [-0.1, -0.05) is 103 Å². The normalized spacial score (nSPS) is 12.1. The second-order valence-corrected chi connectivity index (χ2v) is 18.3. The van der Waals surface area contributed by atoms with E-state index in [0.717, 1.165) is 0 Å². The van der Waals surface area contributed by atoms with Gasteiger partial charge in [-0.25, -0.2) is 0 Å². The Labute approximate surface area is 261 Å². The molecule has 1 nitrogen and oxygen atoms in total. The van der Waals surface area contributed by atoms with E-state index in [1.54, 1.807) is 0 Å². The lowest BCUT2D eigenvalue weighted by atomic mass is 9.77. The highest BCUT2D eigenvalue weighted by molar-refractivity contribution is 6.88. The summed E-state index contributed by atoms with van der Waals surface area (Å²) >= 11 is 0. The summed E-state index contributed by atoms with van der Waals surface area (Å²) in [5, 5.41) is 6.59. The number of rotatable bonds is 5. The molecule has 0 fully saturated rings. The predicted octanol–water partition coefficient (Wildman–Crippen LogP) is 11.6. The molecule has 0 saturated carbocycles. The molecule has 44 heavy (non-hydrogen) atoms. The van der Waals surface area contributed by atoms with E-state index in [2.05, 4.69) is 171 Å². The molecule has 1 aliphatic carbocycles. The molecule has 0 aliphatic heterocycles. The zero-order valence-corrected chi connectivity index (χ0v) is 26.7. The minimum Gasteiger partial charge on any atom is -0.310 e. The van der Waals surface area contributed by atoms with Crippen LogP contribution in [0.1, 0.15) is 5.56 Å². The van der Waals surface area contributed by atoms with Gasteiger partial charge in [0.05, 0.1) is 8.07 Å². The van der Waals surface area contributed by atoms with Crippen molar-refractivity contribution in [3.63, 3.8) is 0 Å². The van der Waals surface area contributed by atoms with Crippen molar-refractivity contribution >= 4 is 51.9 Å². The third-order valence-corrected chi connectivity index (χ3v) is 11.2. The fourth-order valence-electron chi connectivity index (χ4n) is 6.61. The van der Waals surface area contributed by atoms with E-state index < -0.39 is 8.07 Å². The van der Waals surface area contributed by atoms with Crippen LogP contribution in [0.25, 0.3) is 54.9 Å². The lowest BCUT2D eigenvalue weighted by Gasteiger charge is -2.28. The smallest absolute Gasteiger partial charge is 0.0775 e. The van der Waals surface area contributed by atoms with Crippen molar-refractivity contribution in [3.05, 3.63) is 145 Å². The second-order valence-electron chi connectivity index (χ2n) is 13.2. The quantitative estimate of drug-likeness (QED) is 0.183. The summed E-state index contributed by atoms with van der Waals surface area (Å²) < 4.78 is 0. The zero-order chi connectivity index (χ0) is 30.0. The molecule has 0 radical (unpaired) electrons. The lowest BCUT2D eigenvalue weighted by molar-refractivity contribution is 1.28. The molecule has 212 valence electrons. The summed E-state index contributed by atoms with van der Waals surface area (Å²) in [6, 6.07) is 52.0. The average molecular weight is 582 g/mol. The molecule has 0 saturated heterocycles. The molecule has 0 bridgehead atoms. The van der Waals surface area contributed by atoms with Crippen molar-refractivity contribution in [1.29, 1.82) is 0 Å². The van der Waals surface area contributed by atoms with Gasteiger partial charge in [0.15, 0.2) is 0 Å². The summed E-state index contributed by atoms with van der Waals surface area (Å²) in [6.07, 6.45) is 0. The molecule has 0 N–H and O–H groups in total. The van der Waals surface area contributed by atoms with Crippen LogP contribution in [0.15, 0.2) is 140 Å². The first kappa shape index (κ1) is 26.7. The number of aryl methyl sites for hydroxylation is 1. The van der Waals surface area contributed by atoms with Crippen molar-refractivity contribution < 1.29 is 0 Å². The number of benzene rings is 7. The van der Waals surface area contributed by atoms with E-state index in [9.17, 15) is 0 Å². The molecule has 7 aromatic carbocycles. The van der Waals surface area contributed by atoms with Crippen molar-refractivity contribution in [2.75, 3.05) is 4.90 Å². The van der Waals surface area contributed by atoms with Gasteiger partial charge in [0, 0.05) is 17.1 Å². The highest BCUT2D eigenvalue weighted by Crippen LogP contribution is 2.51. The molecule has 8 rings (SSSR count). The van der Waals surface area contributed by atoms with Crippen molar-refractivity contribution in [2.45, 2.75) is 26.6 Å². The summed E-state index contributed by atoms with van der Waals surface area (Å²) in [6.45, 7) is 9.36. The number of hydrogen-bond donors (Lipinski definition) is 0. The van der Waals surface area contributed by atoms with Crippen LogP contribution in [0.4, 0.5) is 17.1 Å². The zero-order valence-electron chi connectivity index (χ0n) is 25.7. The van der Waals surface area contributed by atoms with Gasteiger partial charge in [-0.3, -0.25) is 0 Å². The van der Waals surface area contributed by atoms with Crippen LogP contribution in [-0.4, -0.2) is 8.07 Å². The van der Waals surface area contributed by atoms with Crippen molar-refractivity contribution in [3.8, 4) is 33.4 Å². The van der Waals surface area contributed by atoms with Crippen LogP contribution in [-0.2, 0) is 0 Å². The van der Waals surface area contributed by atoms with Gasteiger partial charge in [-0.2, -0.15) is 0 Å². The molecular formula is C42H35NSi. The highest BCUT2D eigenvalue weighted by atomic mass is 28.3. The number of nitrogens with zero attached hydrogens (tertiary/aromatic N) is 1. The monoisotopic (exact) mass is 581 g/mol. The van der Waals surface area contributed by atoms with Gasteiger partial charge in [0.25, 0.3) is 0 Å². The SMILES string of the molecule is Cc1ccc(N(c2ccc([Si](C)(C)C)cc2)c2ccc3cc4c(cc3c2)-c2cc3ccc(-c5ccccc5)cc3cc2-4)cc1. The van der Waals surface area contributed by atoms with Crippen LogP contribution >= 0.6 is 0 Å². The first-order valence-corrected chi connectivity index (χ1v) is 19.0. The third-order valence-electron chi connectivity index (χ3n) is 9.17. The summed E-state index contributed by atoms with van der Waals surface area (Å²) in [5.41, 5.74) is 12.7. The molecule has 0 spiro atoms. The Hall–Kier alpha value is -4.92. The topological polar surface area (TPSA) is 3.24 Å². The molecule has 0 atom stereocenters. The summed E-state index contributed by atoms with van der Waals surface area (Å²) in [4.78, 5) is 2.39. The second kappa shape index (κ2) is 10.1. The third kappa shape index (κ3) is 4.54. The van der Waals surface area contributed by atoms with Crippen LogP contribution in [0.3, 0.4) is 0 Å². The summed E-state index contributed by atoms with van der Waals surface area (Å²) in [7, 11) is -1.38. The average Bonchev–Trinajstić information content (AvgIpc) is 3.04. The van der Waals surface area contributed by atoms with Crippen molar-refractivity contribution in [1.82, 2.24) is 0 Å². The molecule has 1 aliphatic rings. The van der Waals surface area contributed by atoms with Gasteiger partial charge >= 0.3 is 0 Å². The van der Waals surface area contributed by atoms with Gasteiger partial charge in [-0.15, -0.1) is 0 Å². The van der Waals surface area contributed by atoms with E-state index in [4.69, 9.17) is 0 Å². The van der Waals surface area contributed by atoms with E-state index in [0.29, 0.717) is 0 Å². The maximum Gasteiger partial charge on any atom is 0.0775 e. The first-order valence-electron chi connectivity index (χ1n) is 15.5. The Balaban J connectivity index is 1.20. The number of fused-ring (bicyclic) bond motifs is 6. The minimum atomic E-state index is -1.38. The van der Waals surface area contributed by atoms with E-state index >= 15 is 0 Å². The largest absolute Gasteiger partial charge is 0.310 e. The molecule has 2 heteroatoms. The van der Waals surface area contributed by atoms with E-state index in [1.807, 2.05) is 0 Å². The maximum atomic E-state index is 2.40. The van der Waals surface area contributed by atoms with Gasteiger partial charge in [0.1, 0.15) is 0 Å². The lowest BCUT2D eigenvalue weighted by Crippen LogP contribution is -2.37. The first-order chi connectivity index (χ1) is 21.3. The highest BCUT2D eigenvalue weighted by Gasteiger charge is 2.24. The molecular weight excluding hydrogens is 547 g/mol. The van der Waals surface area contributed by atoms with Crippen LogP contribution < -0.4 is 10.1 Å². The molecule has 0 aromatic heterocycles. The van der Waals surface area contributed by atoms with Crippen LogP contribution in [0.2, 0.25) is 19.6 Å². The number of anilines is 3.